The Morgan fingerprint density at radius 3 is 2.54 bits per heavy atom. The lowest BCUT2D eigenvalue weighted by Crippen LogP contribution is -2.44. The van der Waals surface area contributed by atoms with Gasteiger partial charge in [0.1, 0.15) is 0 Å². The highest BCUT2D eigenvalue weighted by Crippen LogP contribution is 2.25. The molecule has 132 valence electrons. The predicted octanol–water partition coefficient (Wildman–Crippen LogP) is 2.76. The lowest BCUT2D eigenvalue weighted by molar-refractivity contribution is 0.221. The number of hydrogen-bond acceptors (Lipinski definition) is 4. The first-order chi connectivity index (χ1) is 11.6. The third-order valence-electron chi connectivity index (χ3n) is 4.89. The highest BCUT2D eigenvalue weighted by molar-refractivity contribution is 7.99. The average Bonchev–Trinajstić information content (AvgIpc) is 2.59. The van der Waals surface area contributed by atoms with Crippen LogP contribution in [0.25, 0.3) is 0 Å². The number of likely N-dealkylation sites (tertiary alicyclic amines) is 1. The average molecular weight is 349 g/mol. The second kappa shape index (κ2) is 8.12. The van der Waals surface area contributed by atoms with Crippen LogP contribution in [0.1, 0.15) is 18.4 Å². The number of anilines is 2. The van der Waals surface area contributed by atoms with Gasteiger partial charge < -0.3 is 20.4 Å². The van der Waals surface area contributed by atoms with Crippen molar-refractivity contribution in [1.29, 1.82) is 0 Å². The zero-order chi connectivity index (χ0) is 16.9. The van der Waals surface area contributed by atoms with Crippen molar-refractivity contribution in [2.75, 3.05) is 54.9 Å². The van der Waals surface area contributed by atoms with Gasteiger partial charge in [0.05, 0.1) is 0 Å². The molecule has 2 aliphatic rings. The summed E-state index contributed by atoms with van der Waals surface area (Å²) >= 11 is 2.02. The minimum atomic E-state index is -0.0882. The highest BCUT2D eigenvalue weighted by atomic mass is 32.2. The molecule has 0 spiro atoms. The molecule has 0 bridgehead atoms. The third kappa shape index (κ3) is 4.57. The van der Waals surface area contributed by atoms with Gasteiger partial charge in [-0.15, -0.1) is 0 Å². The second-order valence-corrected chi connectivity index (χ2v) is 8.00. The number of aryl methyl sites for hydroxylation is 1. The van der Waals surface area contributed by atoms with Crippen LogP contribution in [-0.2, 0) is 0 Å². The number of nitrogens with one attached hydrogen (secondary N) is 2. The molecular weight excluding hydrogens is 320 g/mol. The van der Waals surface area contributed by atoms with Crippen LogP contribution < -0.4 is 15.5 Å². The van der Waals surface area contributed by atoms with Gasteiger partial charge in [-0.05, 0) is 63.7 Å². The predicted molar refractivity (Wildman–Crippen MR) is 103 cm³/mol. The van der Waals surface area contributed by atoms with E-state index in [-0.39, 0.29) is 12.1 Å². The molecule has 6 heteroatoms. The van der Waals surface area contributed by atoms with Crippen molar-refractivity contribution in [3.05, 3.63) is 23.8 Å². The van der Waals surface area contributed by atoms with E-state index in [1.165, 1.54) is 17.2 Å². The number of carbonyl (C=O) groups excluding carboxylic acids is 1. The van der Waals surface area contributed by atoms with Crippen LogP contribution in [0.4, 0.5) is 16.2 Å². The molecule has 2 saturated heterocycles. The Labute approximate surface area is 149 Å². The molecule has 2 amide bonds. The Balaban J connectivity index is 1.55. The Kier molecular flexibility index (Phi) is 5.89. The van der Waals surface area contributed by atoms with Crippen molar-refractivity contribution in [2.24, 2.45) is 0 Å². The van der Waals surface area contributed by atoms with Crippen molar-refractivity contribution in [2.45, 2.75) is 25.8 Å². The van der Waals surface area contributed by atoms with Crippen LogP contribution in [0.2, 0.25) is 0 Å². The molecule has 1 aromatic carbocycles. The maximum absolute atomic E-state index is 12.3. The number of nitrogens with zero attached hydrogens (tertiary/aromatic N) is 2. The van der Waals surface area contributed by atoms with Crippen LogP contribution in [-0.4, -0.2) is 61.7 Å². The van der Waals surface area contributed by atoms with E-state index >= 15 is 0 Å². The van der Waals surface area contributed by atoms with E-state index in [1.807, 2.05) is 17.8 Å². The number of amides is 2. The van der Waals surface area contributed by atoms with Gasteiger partial charge in [0.25, 0.3) is 0 Å². The van der Waals surface area contributed by atoms with Crippen LogP contribution in [0.15, 0.2) is 18.2 Å². The van der Waals surface area contributed by atoms with Gasteiger partial charge in [0, 0.05) is 42.0 Å². The molecule has 0 aliphatic carbocycles. The summed E-state index contributed by atoms with van der Waals surface area (Å²) in [5.74, 6) is 2.38. The lowest BCUT2D eigenvalue weighted by atomic mass is 10.1. The maximum Gasteiger partial charge on any atom is 0.319 e. The largest absolute Gasteiger partial charge is 0.370 e. The maximum atomic E-state index is 12.3. The second-order valence-electron chi connectivity index (χ2n) is 6.77. The molecule has 5 nitrogen and oxygen atoms in total. The van der Waals surface area contributed by atoms with Crippen molar-refractivity contribution in [3.63, 3.8) is 0 Å². The fourth-order valence-electron chi connectivity index (χ4n) is 3.30. The fourth-order valence-corrected chi connectivity index (χ4v) is 4.21. The molecule has 1 aromatic rings. The van der Waals surface area contributed by atoms with E-state index in [2.05, 4.69) is 46.5 Å². The van der Waals surface area contributed by atoms with Crippen LogP contribution in [0.3, 0.4) is 0 Å². The molecule has 0 unspecified atom stereocenters. The molecule has 2 N–H and O–H groups in total. The van der Waals surface area contributed by atoms with Gasteiger partial charge in [-0.1, -0.05) is 0 Å². The molecule has 24 heavy (non-hydrogen) atoms. The first-order valence-electron chi connectivity index (χ1n) is 8.81. The molecule has 0 atom stereocenters. The van der Waals surface area contributed by atoms with Crippen LogP contribution >= 0.6 is 11.8 Å². The summed E-state index contributed by atoms with van der Waals surface area (Å²) in [6.07, 6.45) is 2.05. The van der Waals surface area contributed by atoms with Gasteiger partial charge in [0.15, 0.2) is 0 Å². The van der Waals surface area contributed by atoms with Gasteiger partial charge in [-0.2, -0.15) is 11.8 Å². The molecule has 2 fully saturated rings. The number of piperidine rings is 1. The van der Waals surface area contributed by atoms with E-state index in [1.54, 1.807) is 0 Å². The topological polar surface area (TPSA) is 47.6 Å². The highest BCUT2D eigenvalue weighted by Gasteiger charge is 2.19. The van der Waals surface area contributed by atoms with Gasteiger partial charge in [-0.25, -0.2) is 4.79 Å². The quantitative estimate of drug-likeness (QED) is 0.882. The Bertz CT molecular complexity index is 566. The molecule has 3 rings (SSSR count). The van der Waals surface area contributed by atoms with Crippen molar-refractivity contribution < 1.29 is 4.79 Å². The monoisotopic (exact) mass is 348 g/mol. The van der Waals surface area contributed by atoms with E-state index in [0.29, 0.717) is 0 Å². The zero-order valence-electron chi connectivity index (χ0n) is 14.7. The minimum Gasteiger partial charge on any atom is -0.370 e. The fraction of sp³-hybridized carbons (Fsp3) is 0.611. The Morgan fingerprint density at radius 1 is 1.17 bits per heavy atom. The molecular formula is C18H28N4OS. The Morgan fingerprint density at radius 2 is 1.88 bits per heavy atom. The van der Waals surface area contributed by atoms with E-state index in [9.17, 15) is 4.79 Å². The summed E-state index contributed by atoms with van der Waals surface area (Å²) in [5.41, 5.74) is 3.27. The molecule has 0 radical (unpaired) electrons. The SMILES string of the molecule is Cc1cc(N2CCSCC2)ccc1NC(=O)NC1CCN(C)CC1. The third-order valence-corrected chi connectivity index (χ3v) is 5.83. The molecule has 0 saturated carbocycles. The molecule has 0 aromatic heterocycles. The van der Waals surface area contributed by atoms with Crippen molar-refractivity contribution >= 4 is 29.2 Å². The standard InChI is InChI=1S/C18H28N4OS/c1-14-13-16(22-9-11-24-12-10-22)3-4-17(14)20-18(23)19-15-5-7-21(2)8-6-15/h3-4,13,15H,5-12H2,1-2H3,(H2,19,20,23). The first-order valence-corrected chi connectivity index (χ1v) is 9.97. The summed E-state index contributed by atoms with van der Waals surface area (Å²) in [7, 11) is 2.13. The number of urea groups is 1. The first kappa shape index (κ1) is 17.4. The summed E-state index contributed by atoms with van der Waals surface area (Å²) in [4.78, 5) is 17.0. The number of carbonyl (C=O) groups is 1. The smallest absolute Gasteiger partial charge is 0.319 e. The zero-order valence-corrected chi connectivity index (χ0v) is 15.5. The van der Waals surface area contributed by atoms with Crippen molar-refractivity contribution in [1.82, 2.24) is 10.2 Å². The summed E-state index contributed by atoms with van der Waals surface area (Å²) in [6.45, 7) is 6.37. The normalized spacial score (nSPS) is 20.0. The number of hydrogen-bond donors (Lipinski definition) is 2. The molecule has 2 aliphatic heterocycles. The minimum absolute atomic E-state index is 0.0882. The van der Waals surface area contributed by atoms with E-state index < -0.39 is 0 Å². The molecule has 2 heterocycles. The number of benzene rings is 1. The van der Waals surface area contributed by atoms with Gasteiger partial charge in [0.2, 0.25) is 0 Å². The van der Waals surface area contributed by atoms with Crippen LogP contribution in [0.5, 0.6) is 0 Å². The lowest BCUT2D eigenvalue weighted by Gasteiger charge is -2.30. The van der Waals surface area contributed by atoms with E-state index in [0.717, 1.165) is 50.3 Å². The van der Waals surface area contributed by atoms with Gasteiger partial charge >= 0.3 is 6.03 Å². The Hall–Kier alpha value is -1.40. The van der Waals surface area contributed by atoms with Crippen molar-refractivity contribution in [3.8, 4) is 0 Å². The van der Waals surface area contributed by atoms with Crippen LogP contribution in [0, 0.1) is 6.92 Å². The summed E-state index contributed by atoms with van der Waals surface area (Å²) in [6, 6.07) is 6.53. The van der Waals surface area contributed by atoms with Gasteiger partial charge in [-0.3, -0.25) is 0 Å². The summed E-state index contributed by atoms with van der Waals surface area (Å²) in [5, 5.41) is 6.12. The van der Waals surface area contributed by atoms with E-state index in [4.69, 9.17) is 0 Å². The number of rotatable bonds is 3. The summed E-state index contributed by atoms with van der Waals surface area (Å²) < 4.78 is 0. The number of thioether (sulfide) groups is 1.